The average molecular weight is 321 g/mol. The van der Waals surface area contributed by atoms with Crippen LogP contribution in [-0.2, 0) is 7.05 Å². The van der Waals surface area contributed by atoms with Gasteiger partial charge in [0, 0.05) is 18.2 Å². The Labute approximate surface area is 132 Å². The number of rotatable bonds is 6. The third kappa shape index (κ3) is 3.39. The maximum Gasteiger partial charge on any atom is 0.322 e. The molecule has 1 aromatic carbocycles. The van der Waals surface area contributed by atoms with Crippen LogP contribution < -0.4 is 15.2 Å². The van der Waals surface area contributed by atoms with Crippen LogP contribution in [0.5, 0.6) is 5.75 Å². The fraction of sp³-hybridized carbons (Fsp3) is 0.375. The van der Waals surface area contributed by atoms with Crippen molar-refractivity contribution in [3.63, 3.8) is 0 Å². The Morgan fingerprint density at radius 3 is 2.91 bits per heavy atom. The molecule has 1 heterocycles. The van der Waals surface area contributed by atoms with E-state index in [1.165, 1.54) is 6.07 Å². The van der Waals surface area contributed by atoms with Gasteiger partial charge in [-0.05, 0) is 30.0 Å². The number of hydrogen-bond donors (Lipinski definition) is 2. The summed E-state index contributed by atoms with van der Waals surface area (Å²) < 4.78 is 33.9. The van der Waals surface area contributed by atoms with Crippen LogP contribution in [0.15, 0.2) is 30.1 Å². The molecule has 2 aromatic rings. The summed E-state index contributed by atoms with van der Waals surface area (Å²) >= 11 is 0. The maximum atomic E-state index is 14.3. The van der Waals surface area contributed by atoms with Crippen molar-refractivity contribution in [2.75, 3.05) is 13.2 Å². The first kappa shape index (κ1) is 15.6. The van der Waals surface area contributed by atoms with Gasteiger partial charge in [-0.15, -0.1) is 0 Å². The van der Waals surface area contributed by atoms with Crippen LogP contribution in [0.3, 0.4) is 0 Å². The second-order valence-electron chi connectivity index (χ2n) is 5.67. The monoisotopic (exact) mass is 321 g/mol. The highest BCUT2D eigenvalue weighted by Gasteiger charge is 2.36. The van der Waals surface area contributed by atoms with E-state index in [0.717, 1.165) is 18.7 Å². The minimum Gasteiger partial charge on any atom is -0.489 e. The molecule has 1 fully saturated rings. The van der Waals surface area contributed by atoms with Gasteiger partial charge in [-0.3, -0.25) is 0 Å². The molecule has 0 radical (unpaired) electrons. The van der Waals surface area contributed by atoms with Crippen molar-refractivity contribution in [3.8, 4) is 17.1 Å². The van der Waals surface area contributed by atoms with E-state index in [0.29, 0.717) is 35.0 Å². The van der Waals surface area contributed by atoms with Crippen LogP contribution in [0.1, 0.15) is 24.6 Å². The summed E-state index contributed by atoms with van der Waals surface area (Å²) in [5.41, 5.74) is 6.03. The van der Waals surface area contributed by atoms with Gasteiger partial charge in [-0.1, -0.05) is 0 Å². The Morgan fingerprint density at radius 2 is 2.30 bits per heavy atom. The van der Waals surface area contributed by atoms with E-state index >= 15 is 0 Å². The van der Waals surface area contributed by atoms with Crippen molar-refractivity contribution in [1.29, 1.82) is 0 Å². The summed E-state index contributed by atoms with van der Waals surface area (Å²) in [4.78, 5) is 4.48. The molecule has 122 valence electrons. The fourth-order valence-electron chi connectivity index (χ4n) is 2.35. The molecule has 0 saturated heterocycles. The molecule has 0 spiro atoms. The third-order valence-corrected chi connectivity index (χ3v) is 3.82. The molecule has 0 atom stereocenters. The minimum atomic E-state index is -0.447. The number of aryl methyl sites for hydroxylation is 1. The number of aromatic amines is 1. The highest BCUT2D eigenvalue weighted by Crippen LogP contribution is 2.38. The number of benzene rings is 1. The summed E-state index contributed by atoms with van der Waals surface area (Å²) in [6, 6.07) is 4.49. The number of nitrogens with two attached hydrogens (primary N) is 1. The van der Waals surface area contributed by atoms with Gasteiger partial charge in [0.2, 0.25) is 0 Å². The van der Waals surface area contributed by atoms with E-state index < -0.39 is 5.82 Å². The SMILES string of the molecule is C[n+]1[nH]c(-c2ccc(OC/C(=C/F)CN)cc2F)nc1C1CC1. The van der Waals surface area contributed by atoms with Crippen LogP contribution in [0.2, 0.25) is 0 Å². The molecule has 0 bridgehead atoms. The van der Waals surface area contributed by atoms with Gasteiger partial charge in [0.25, 0.3) is 5.82 Å². The van der Waals surface area contributed by atoms with Gasteiger partial charge < -0.3 is 10.5 Å². The predicted molar refractivity (Wildman–Crippen MR) is 80.9 cm³/mol. The van der Waals surface area contributed by atoms with Crippen LogP contribution in [0.4, 0.5) is 8.78 Å². The molecule has 1 aliphatic carbocycles. The lowest BCUT2D eigenvalue weighted by molar-refractivity contribution is -0.734. The van der Waals surface area contributed by atoms with Crippen molar-refractivity contribution < 1.29 is 18.2 Å². The summed E-state index contributed by atoms with van der Waals surface area (Å²) in [7, 11) is 1.87. The number of aromatic nitrogens is 3. The van der Waals surface area contributed by atoms with Gasteiger partial charge in [-0.2, -0.15) is 9.78 Å². The van der Waals surface area contributed by atoms with Crippen LogP contribution >= 0.6 is 0 Å². The van der Waals surface area contributed by atoms with Crippen LogP contribution in [0.25, 0.3) is 11.4 Å². The summed E-state index contributed by atoms with van der Waals surface area (Å²) in [5.74, 6) is 1.78. The maximum absolute atomic E-state index is 14.3. The first-order valence-corrected chi connectivity index (χ1v) is 7.49. The molecule has 1 aliphatic rings. The zero-order valence-corrected chi connectivity index (χ0v) is 12.9. The van der Waals surface area contributed by atoms with Gasteiger partial charge in [0.1, 0.15) is 25.2 Å². The Kier molecular flexibility index (Phi) is 4.38. The Hall–Kier alpha value is -2.28. The summed E-state index contributed by atoms with van der Waals surface area (Å²) in [6.45, 7) is 0.0528. The van der Waals surface area contributed by atoms with Crippen LogP contribution in [0, 0.1) is 5.82 Å². The Morgan fingerprint density at radius 1 is 1.52 bits per heavy atom. The Bertz CT molecular complexity index is 738. The summed E-state index contributed by atoms with van der Waals surface area (Å²) in [5, 5.41) is 3.06. The van der Waals surface area contributed by atoms with Gasteiger partial charge in [0.05, 0.1) is 17.8 Å². The molecule has 3 N–H and O–H groups in total. The van der Waals surface area contributed by atoms with E-state index in [-0.39, 0.29) is 13.2 Å². The van der Waals surface area contributed by atoms with Crippen molar-refractivity contribution >= 4 is 0 Å². The minimum absolute atomic E-state index is 0.00662. The van der Waals surface area contributed by atoms with E-state index in [1.807, 2.05) is 11.7 Å². The smallest absolute Gasteiger partial charge is 0.322 e. The average Bonchev–Trinajstić information content (AvgIpc) is 3.31. The number of H-pyrrole nitrogens is 1. The van der Waals surface area contributed by atoms with E-state index in [1.54, 1.807) is 12.1 Å². The van der Waals surface area contributed by atoms with Crippen LogP contribution in [-0.4, -0.2) is 23.2 Å². The number of nitrogens with one attached hydrogen (secondary N) is 1. The standard InChI is InChI=1S/C16H18F2N4O/c1-22-16(11-2-3-11)20-15(21-22)13-5-4-12(6-14(13)18)23-9-10(7-17)8-19/h4-7,11H,2-3,8-9,19H2,1H3/p+1/b10-7+. The molecule has 0 unspecified atom stereocenters. The molecule has 0 amide bonds. The largest absolute Gasteiger partial charge is 0.489 e. The fourth-order valence-corrected chi connectivity index (χ4v) is 2.35. The molecular formula is C16H19F2N4O+. The number of nitrogens with zero attached hydrogens (tertiary/aromatic N) is 2. The van der Waals surface area contributed by atoms with Gasteiger partial charge in [-0.25, -0.2) is 8.78 Å². The second-order valence-corrected chi connectivity index (χ2v) is 5.67. The van der Waals surface area contributed by atoms with E-state index in [9.17, 15) is 8.78 Å². The molecule has 1 aromatic heterocycles. The number of hydrogen-bond acceptors (Lipinski definition) is 3. The molecule has 1 saturated carbocycles. The molecule has 7 heteroatoms. The molecule has 0 aliphatic heterocycles. The van der Waals surface area contributed by atoms with Crippen molar-refractivity contribution in [3.05, 3.63) is 41.7 Å². The highest BCUT2D eigenvalue weighted by atomic mass is 19.1. The third-order valence-electron chi connectivity index (χ3n) is 3.82. The van der Waals surface area contributed by atoms with E-state index in [4.69, 9.17) is 10.5 Å². The lowest BCUT2D eigenvalue weighted by atomic mass is 10.2. The first-order valence-electron chi connectivity index (χ1n) is 7.49. The van der Waals surface area contributed by atoms with Gasteiger partial charge in [0.15, 0.2) is 0 Å². The van der Waals surface area contributed by atoms with Crippen molar-refractivity contribution in [2.45, 2.75) is 18.8 Å². The van der Waals surface area contributed by atoms with Gasteiger partial charge >= 0.3 is 5.82 Å². The zero-order valence-electron chi connectivity index (χ0n) is 12.9. The molecule has 3 rings (SSSR count). The normalized spacial score (nSPS) is 15.0. The lowest BCUT2D eigenvalue weighted by Crippen LogP contribution is -2.34. The van der Waals surface area contributed by atoms with Crippen molar-refractivity contribution in [2.24, 2.45) is 12.8 Å². The van der Waals surface area contributed by atoms with E-state index in [2.05, 4.69) is 10.1 Å². The Balaban J connectivity index is 1.78. The lowest BCUT2D eigenvalue weighted by Gasteiger charge is -2.07. The quantitative estimate of drug-likeness (QED) is 0.801. The first-order chi connectivity index (χ1) is 11.1. The zero-order chi connectivity index (χ0) is 16.4. The number of halogens is 2. The molecular weight excluding hydrogens is 302 g/mol. The topological polar surface area (TPSA) is 67.8 Å². The molecule has 5 nitrogen and oxygen atoms in total. The van der Waals surface area contributed by atoms with Crippen molar-refractivity contribution in [1.82, 2.24) is 10.1 Å². The predicted octanol–water partition coefficient (Wildman–Crippen LogP) is 2.11. The number of ether oxygens (including phenoxy) is 1. The molecule has 23 heavy (non-hydrogen) atoms. The summed E-state index contributed by atoms with van der Waals surface area (Å²) in [6.07, 6.45) is 2.66. The second kappa shape index (κ2) is 6.45. The highest BCUT2D eigenvalue weighted by molar-refractivity contribution is 5.56.